The zero-order chi connectivity index (χ0) is 11.9. The molecule has 0 radical (unpaired) electrons. The van der Waals surface area contributed by atoms with Gasteiger partial charge in [0.1, 0.15) is 0 Å². The van der Waals surface area contributed by atoms with Crippen LogP contribution in [-0.4, -0.2) is 10.1 Å². The van der Waals surface area contributed by atoms with E-state index in [-0.39, 0.29) is 9.37 Å². The lowest BCUT2D eigenvalue weighted by Crippen LogP contribution is -2.14. The third kappa shape index (κ3) is 2.96. The number of halogens is 4. The lowest BCUT2D eigenvalue weighted by Gasteiger charge is -2.11. The molecule has 0 saturated heterocycles. The molecule has 0 bridgehead atoms. The molecule has 2 nitrogen and oxygen atoms in total. The summed E-state index contributed by atoms with van der Waals surface area (Å²) in [6.07, 6.45) is -4.51. The fourth-order valence-corrected chi connectivity index (χ4v) is 2.02. The molecule has 0 spiro atoms. The predicted octanol–water partition coefficient (Wildman–Crippen LogP) is 2.42. The van der Waals surface area contributed by atoms with Gasteiger partial charge in [0, 0.05) is 9.37 Å². The molecule has 0 amide bonds. The minimum absolute atomic E-state index is 0.123. The molecular weight excluding hydrogens is 295 g/mol. The quantitative estimate of drug-likeness (QED) is 0.795. The highest BCUT2D eigenvalue weighted by Gasteiger charge is 2.33. The van der Waals surface area contributed by atoms with E-state index in [1.807, 2.05) is 0 Å². The minimum atomic E-state index is -4.51. The first kappa shape index (κ1) is 12.5. The Hall–Kier alpha value is -0.530. The Morgan fingerprint density at radius 3 is 2.33 bits per heavy atom. The van der Waals surface area contributed by atoms with Gasteiger partial charge in [0.2, 0.25) is 0 Å². The van der Waals surface area contributed by atoms with Crippen molar-refractivity contribution >= 4 is 31.5 Å². The molecule has 0 fully saturated rings. The first-order valence-electron chi connectivity index (χ1n) is 3.64. The first-order chi connectivity index (χ1) is 6.62. The Morgan fingerprint density at radius 2 is 1.93 bits per heavy atom. The van der Waals surface area contributed by atoms with Crippen molar-refractivity contribution in [3.05, 3.63) is 28.2 Å². The average Bonchev–Trinajstić information content (AvgIpc) is 2.00. The Labute approximate surface area is 93.5 Å². The molecule has 84 valence electrons. The highest BCUT2D eigenvalue weighted by Crippen LogP contribution is 2.35. The Bertz CT molecular complexity index is 481. The van der Waals surface area contributed by atoms with Crippen LogP contribution < -0.4 is 5.14 Å². The number of alkyl halides is 3. The average molecular weight is 302 g/mol. The van der Waals surface area contributed by atoms with Crippen LogP contribution in [0.25, 0.3) is 0 Å². The molecule has 0 heterocycles. The zero-order valence-corrected chi connectivity index (χ0v) is 9.75. The number of benzene rings is 1. The van der Waals surface area contributed by atoms with Gasteiger partial charge in [0.05, 0.1) is 15.3 Å². The highest BCUT2D eigenvalue weighted by atomic mass is 79.9. The van der Waals surface area contributed by atoms with Crippen molar-refractivity contribution in [1.82, 2.24) is 0 Å². The van der Waals surface area contributed by atoms with Crippen molar-refractivity contribution in [3.8, 4) is 0 Å². The largest absolute Gasteiger partial charge is 0.417 e. The van der Waals surface area contributed by atoms with E-state index in [2.05, 4.69) is 21.8 Å². The third-order valence-corrected chi connectivity index (χ3v) is 3.39. The molecule has 15 heavy (non-hydrogen) atoms. The summed E-state index contributed by atoms with van der Waals surface area (Å²) in [5, 5.41) is 5.15. The number of nitrogens with two attached hydrogens (primary N) is 1. The molecule has 0 aliphatic heterocycles. The van der Waals surface area contributed by atoms with Crippen molar-refractivity contribution in [2.24, 2.45) is 5.14 Å². The molecule has 0 aliphatic rings. The maximum atomic E-state index is 12.4. The van der Waals surface area contributed by atoms with E-state index in [1.165, 1.54) is 6.07 Å². The molecular formula is C8H7BrF3NOS. The molecule has 1 unspecified atom stereocenters. The second kappa shape index (κ2) is 3.80. The fourth-order valence-electron chi connectivity index (χ4n) is 0.937. The standard InChI is InChI=1S/C8H7BrF3NOS/c1-15(13,14)5-2-3-7(9)6(4-5)8(10,11)12/h2-4H,1H2,(H2,13,14). The van der Waals surface area contributed by atoms with Gasteiger partial charge in [-0.2, -0.15) is 13.2 Å². The molecule has 1 atom stereocenters. The Kier molecular flexibility index (Phi) is 3.18. The number of hydrogen-bond donors (Lipinski definition) is 1. The van der Waals surface area contributed by atoms with E-state index in [1.54, 1.807) is 0 Å². The van der Waals surface area contributed by atoms with Crippen molar-refractivity contribution in [2.75, 3.05) is 0 Å². The summed E-state index contributed by atoms with van der Waals surface area (Å²) in [5.41, 5.74) is -0.915. The van der Waals surface area contributed by atoms with Crippen molar-refractivity contribution in [3.63, 3.8) is 0 Å². The molecule has 1 aromatic carbocycles. The van der Waals surface area contributed by atoms with Crippen LogP contribution in [0, 0.1) is 0 Å². The van der Waals surface area contributed by atoms with Gasteiger partial charge < -0.3 is 0 Å². The van der Waals surface area contributed by atoms with Crippen LogP contribution in [0.4, 0.5) is 13.2 Å². The molecule has 1 aromatic rings. The SMILES string of the molecule is C=S(N)(=O)c1ccc(Br)c(C(F)(F)F)c1. The van der Waals surface area contributed by atoms with Crippen molar-refractivity contribution < 1.29 is 17.4 Å². The summed E-state index contributed by atoms with van der Waals surface area (Å²) in [5.74, 6) is 3.12. The van der Waals surface area contributed by atoms with Gasteiger partial charge >= 0.3 is 6.18 Å². The van der Waals surface area contributed by atoms with Crippen molar-refractivity contribution in [1.29, 1.82) is 0 Å². The molecule has 1 rings (SSSR count). The summed E-state index contributed by atoms with van der Waals surface area (Å²) >= 11 is 2.76. The monoisotopic (exact) mass is 301 g/mol. The maximum Gasteiger partial charge on any atom is 0.417 e. The normalized spacial score (nSPS) is 16.1. The van der Waals surface area contributed by atoms with E-state index in [9.17, 15) is 17.4 Å². The fraction of sp³-hybridized carbons (Fsp3) is 0.125. The van der Waals surface area contributed by atoms with Gasteiger partial charge in [0.25, 0.3) is 0 Å². The summed E-state index contributed by atoms with van der Waals surface area (Å²) in [4.78, 5) is -0.127. The summed E-state index contributed by atoms with van der Waals surface area (Å²) in [7, 11) is -3.12. The minimum Gasteiger partial charge on any atom is -0.256 e. The van der Waals surface area contributed by atoms with Crippen LogP contribution in [0.5, 0.6) is 0 Å². The van der Waals surface area contributed by atoms with Gasteiger partial charge in [-0.05, 0) is 24.1 Å². The second-order valence-corrected chi connectivity index (χ2v) is 5.64. The van der Waals surface area contributed by atoms with Crippen LogP contribution in [-0.2, 0) is 15.9 Å². The van der Waals surface area contributed by atoms with Crippen molar-refractivity contribution in [2.45, 2.75) is 11.1 Å². The Balaban J connectivity index is 3.43. The van der Waals surface area contributed by atoms with E-state index < -0.39 is 21.4 Å². The van der Waals surface area contributed by atoms with E-state index in [4.69, 9.17) is 5.14 Å². The van der Waals surface area contributed by atoms with E-state index >= 15 is 0 Å². The number of hydrogen-bond acceptors (Lipinski definition) is 1. The van der Waals surface area contributed by atoms with Gasteiger partial charge in [-0.3, -0.25) is 5.14 Å². The topological polar surface area (TPSA) is 43.1 Å². The van der Waals surface area contributed by atoms with Gasteiger partial charge in [-0.15, -0.1) is 0 Å². The van der Waals surface area contributed by atoms with Crippen LogP contribution >= 0.6 is 15.9 Å². The first-order valence-corrected chi connectivity index (χ1v) is 6.22. The molecule has 0 saturated carbocycles. The second-order valence-electron chi connectivity index (χ2n) is 2.87. The predicted molar refractivity (Wildman–Crippen MR) is 56.9 cm³/mol. The highest BCUT2D eigenvalue weighted by molar-refractivity contribution is 9.10. The van der Waals surface area contributed by atoms with Gasteiger partial charge in [-0.1, -0.05) is 15.9 Å². The molecule has 7 heteroatoms. The van der Waals surface area contributed by atoms with Gasteiger partial charge in [-0.25, -0.2) is 4.21 Å². The van der Waals surface area contributed by atoms with Crippen LogP contribution in [0.2, 0.25) is 0 Å². The molecule has 0 aromatic heterocycles. The Morgan fingerprint density at radius 1 is 1.40 bits per heavy atom. The lowest BCUT2D eigenvalue weighted by molar-refractivity contribution is -0.138. The lowest BCUT2D eigenvalue weighted by atomic mass is 10.2. The number of rotatable bonds is 1. The van der Waals surface area contributed by atoms with Crippen LogP contribution in [0.15, 0.2) is 27.6 Å². The van der Waals surface area contributed by atoms with Gasteiger partial charge in [0.15, 0.2) is 0 Å². The zero-order valence-electron chi connectivity index (χ0n) is 7.34. The van der Waals surface area contributed by atoms with E-state index in [0.717, 1.165) is 12.1 Å². The summed E-state index contributed by atoms with van der Waals surface area (Å²) in [6.45, 7) is 0. The van der Waals surface area contributed by atoms with Crippen LogP contribution in [0.3, 0.4) is 0 Å². The van der Waals surface area contributed by atoms with Crippen LogP contribution in [0.1, 0.15) is 5.56 Å². The summed E-state index contributed by atoms with van der Waals surface area (Å²) < 4.78 is 48.4. The third-order valence-electron chi connectivity index (χ3n) is 1.64. The molecule has 0 aliphatic carbocycles. The summed E-state index contributed by atoms with van der Waals surface area (Å²) in [6, 6.07) is 3.13. The maximum absolute atomic E-state index is 12.4. The smallest absolute Gasteiger partial charge is 0.256 e. The van der Waals surface area contributed by atoms with E-state index in [0.29, 0.717) is 0 Å². The molecule has 2 N–H and O–H groups in total.